The topological polar surface area (TPSA) is 115 Å². The van der Waals surface area contributed by atoms with Crippen molar-refractivity contribution in [1.82, 2.24) is 10.0 Å². The van der Waals surface area contributed by atoms with Crippen LogP contribution in [0.5, 0.6) is 0 Å². The zero-order valence-electron chi connectivity index (χ0n) is 14.1. The Kier molecular flexibility index (Phi) is 5.57. The van der Waals surface area contributed by atoms with Gasteiger partial charge < -0.3 is 14.5 Å². The van der Waals surface area contributed by atoms with Gasteiger partial charge in [-0.25, -0.2) is 22.3 Å². The second-order valence-electron chi connectivity index (χ2n) is 5.96. The summed E-state index contributed by atoms with van der Waals surface area (Å²) in [6.07, 6.45) is 1.52. The smallest absolute Gasteiger partial charge is 0.374 e. The van der Waals surface area contributed by atoms with Gasteiger partial charge in [-0.1, -0.05) is 18.2 Å². The summed E-state index contributed by atoms with van der Waals surface area (Å²) in [6, 6.07) is 8.13. The molecule has 3 rings (SSSR count). The normalized spacial score (nSPS) is 14.0. The minimum Gasteiger partial charge on any atom is -0.450 e. The highest BCUT2D eigenvalue weighted by molar-refractivity contribution is 7.89. The molecule has 10 heteroatoms. The molecule has 1 amide bonds. The van der Waals surface area contributed by atoms with Crippen molar-refractivity contribution in [2.75, 3.05) is 6.61 Å². The first-order valence-corrected chi connectivity index (χ1v) is 9.63. The van der Waals surface area contributed by atoms with Crippen molar-refractivity contribution in [1.29, 1.82) is 0 Å². The minimum absolute atomic E-state index is 0.0565. The average Bonchev–Trinajstić information content (AvgIpc) is 3.28. The lowest BCUT2D eigenvalue weighted by Crippen LogP contribution is -2.28. The highest BCUT2D eigenvalue weighted by Gasteiger charge is 2.30. The Labute approximate surface area is 154 Å². The molecule has 1 aromatic heterocycles. The summed E-state index contributed by atoms with van der Waals surface area (Å²) in [4.78, 5) is 23.6. The molecule has 2 N–H and O–H groups in total. The van der Waals surface area contributed by atoms with Gasteiger partial charge in [-0.2, -0.15) is 0 Å². The Bertz CT molecular complexity index is 952. The van der Waals surface area contributed by atoms with Crippen LogP contribution in [0.2, 0.25) is 0 Å². The van der Waals surface area contributed by atoms with Gasteiger partial charge in [0.1, 0.15) is 5.82 Å². The molecular formula is C17H17FN2O6S. The SMILES string of the molecule is O=C(COC(=O)c1ccc(S(=O)(=O)NC2CC2)o1)NCc1ccccc1F. The second-order valence-corrected chi connectivity index (χ2v) is 7.60. The average molecular weight is 396 g/mol. The predicted octanol–water partition coefficient (Wildman–Crippen LogP) is 1.33. The van der Waals surface area contributed by atoms with E-state index in [1.807, 2.05) is 0 Å². The van der Waals surface area contributed by atoms with E-state index in [0.29, 0.717) is 5.56 Å². The van der Waals surface area contributed by atoms with Crippen molar-refractivity contribution in [3.8, 4) is 0 Å². The Morgan fingerprint density at radius 3 is 2.63 bits per heavy atom. The van der Waals surface area contributed by atoms with Crippen molar-refractivity contribution in [3.63, 3.8) is 0 Å². The second kappa shape index (κ2) is 7.89. The summed E-state index contributed by atoms with van der Waals surface area (Å²) in [5.74, 6) is -2.42. The van der Waals surface area contributed by atoms with Gasteiger partial charge >= 0.3 is 5.97 Å². The summed E-state index contributed by atoms with van der Waals surface area (Å²) >= 11 is 0. The lowest BCUT2D eigenvalue weighted by atomic mass is 10.2. The number of furan rings is 1. The first kappa shape index (κ1) is 19.1. The standard InChI is InChI=1S/C17H17FN2O6S/c18-13-4-2-1-3-11(13)9-19-15(21)10-25-17(22)14-7-8-16(26-14)27(23,24)20-12-5-6-12/h1-4,7-8,12,20H,5-6,9-10H2,(H,19,21). The Balaban J connectivity index is 1.49. The zero-order valence-corrected chi connectivity index (χ0v) is 14.9. The predicted molar refractivity (Wildman–Crippen MR) is 90.6 cm³/mol. The van der Waals surface area contributed by atoms with Crippen molar-refractivity contribution in [2.24, 2.45) is 0 Å². The summed E-state index contributed by atoms with van der Waals surface area (Å²) in [5.41, 5.74) is 0.293. The van der Waals surface area contributed by atoms with Crippen LogP contribution in [0.1, 0.15) is 29.0 Å². The Hall–Kier alpha value is -2.72. The molecule has 0 spiro atoms. The van der Waals surface area contributed by atoms with E-state index < -0.39 is 39.4 Å². The van der Waals surface area contributed by atoms with E-state index in [4.69, 9.17) is 9.15 Å². The van der Waals surface area contributed by atoms with Gasteiger partial charge in [0.05, 0.1) is 0 Å². The van der Waals surface area contributed by atoms with Crippen LogP contribution in [0.4, 0.5) is 4.39 Å². The summed E-state index contributed by atoms with van der Waals surface area (Å²) in [5, 5.41) is 2.01. The zero-order chi connectivity index (χ0) is 19.4. The number of hydrogen-bond acceptors (Lipinski definition) is 6. The van der Waals surface area contributed by atoms with Gasteiger partial charge in [0.2, 0.25) is 10.9 Å². The highest BCUT2D eigenvalue weighted by Crippen LogP contribution is 2.23. The first-order valence-electron chi connectivity index (χ1n) is 8.14. The van der Waals surface area contributed by atoms with Crippen molar-refractivity contribution in [3.05, 3.63) is 53.5 Å². The summed E-state index contributed by atoms with van der Waals surface area (Å²) in [6.45, 7) is -0.671. The van der Waals surface area contributed by atoms with Crippen LogP contribution < -0.4 is 10.0 Å². The number of carbonyl (C=O) groups excluding carboxylic acids is 2. The maximum atomic E-state index is 13.5. The monoisotopic (exact) mass is 396 g/mol. The number of hydrogen-bond donors (Lipinski definition) is 2. The third-order valence-corrected chi connectivity index (χ3v) is 5.11. The molecule has 27 heavy (non-hydrogen) atoms. The number of ether oxygens (including phenoxy) is 1. The fraction of sp³-hybridized carbons (Fsp3) is 0.294. The fourth-order valence-corrected chi connectivity index (χ4v) is 3.38. The molecule has 1 aliphatic carbocycles. The number of carbonyl (C=O) groups is 2. The number of sulfonamides is 1. The van der Waals surface area contributed by atoms with Gasteiger partial charge in [-0.05, 0) is 31.0 Å². The molecule has 1 saturated carbocycles. The molecule has 0 atom stereocenters. The molecule has 1 aliphatic rings. The highest BCUT2D eigenvalue weighted by atomic mass is 32.2. The third kappa shape index (κ3) is 5.14. The van der Waals surface area contributed by atoms with Crippen LogP contribution in [0.3, 0.4) is 0 Å². The molecule has 1 fully saturated rings. The fourth-order valence-electron chi connectivity index (χ4n) is 2.14. The van der Waals surface area contributed by atoms with Crippen molar-refractivity contribution < 1.29 is 31.6 Å². The maximum Gasteiger partial charge on any atom is 0.374 e. The molecule has 1 heterocycles. The number of rotatable bonds is 8. The number of halogens is 1. The number of esters is 1. The molecule has 8 nitrogen and oxygen atoms in total. The molecule has 0 unspecified atom stereocenters. The van der Waals surface area contributed by atoms with Crippen molar-refractivity contribution in [2.45, 2.75) is 30.5 Å². The third-order valence-electron chi connectivity index (χ3n) is 3.71. The van der Waals surface area contributed by atoms with Gasteiger partial charge in [0, 0.05) is 18.2 Å². The maximum absolute atomic E-state index is 13.5. The Morgan fingerprint density at radius 2 is 1.93 bits per heavy atom. The number of benzene rings is 1. The van der Waals surface area contributed by atoms with E-state index in [2.05, 4.69) is 10.0 Å². The van der Waals surface area contributed by atoms with E-state index in [1.165, 1.54) is 18.2 Å². The lowest BCUT2D eigenvalue weighted by molar-refractivity contribution is -0.124. The molecule has 0 bridgehead atoms. The summed E-state index contributed by atoms with van der Waals surface area (Å²) in [7, 11) is -3.82. The number of amides is 1. The molecule has 144 valence electrons. The van der Waals surface area contributed by atoms with E-state index in [1.54, 1.807) is 6.07 Å². The van der Waals surface area contributed by atoms with Crippen molar-refractivity contribution >= 4 is 21.9 Å². The molecule has 0 aliphatic heterocycles. The van der Waals surface area contributed by atoms with E-state index in [9.17, 15) is 22.4 Å². The molecule has 0 radical (unpaired) electrons. The van der Waals surface area contributed by atoms with Crippen LogP contribution >= 0.6 is 0 Å². The molecular weight excluding hydrogens is 379 g/mol. The molecule has 1 aromatic carbocycles. The summed E-state index contributed by atoms with van der Waals surface area (Å²) < 4.78 is 49.6. The van der Waals surface area contributed by atoms with Crippen LogP contribution in [0.15, 0.2) is 45.9 Å². The lowest BCUT2D eigenvalue weighted by Gasteiger charge is -2.06. The van der Waals surface area contributed by atoms with Gasteiger partial charge in [0.25, 0.3) is 15.9 Å². The van der Waals surface area contributed by atoms with Crippen LogP contribution in [-0.4, -0.2) is 32.9 Å². The van der Waals surface area contributed by atoms with Crippen LogP contribution in [0.25, 0.3) is 0 Å². The van der Waals surface area contributed by atoms with Gasteiger partial charge in [-0.3, -0.25) is 4.79 Å². The van der Waals surface area contributed by atoms with Crippen LogP contribution in [0, 0.1) is 5.82 Å². The number of nitrogens with one attached hydrogen (secondary N) is 2. The van der Waals surface area contributed by atoms with E-state index >= 15 is 0 Å². The van der Waals surface area contributed by atoms with E-state index in [0.717, 1.165) is 25.0 Å². The molecule has 0 saturated heterocycles. The van der Waals surface area contributed by atoms with Gasteiger partial charge in [-0.15, -0.1) is 0 Å². The Morgan fingerprint density at radius 1 is 1.19 bits per heavy atom. The quantitative estimate of drug-likeness (QED) is 0.651. The van der Waals surface area contributed by atoms with Crippen LogP contribution in [-0.2, 0) is 26.1 Å². The van der Waals surface area contributed by atoms with Gasteiger partial charge in [0.15, 0.2) is 6.61 Å². The van der Waals surface area contributed by atoms with E-state index in [-0.39, 0.29) is 18.3 Å². The minimum atomic E-state index is -3.82. The molecule has 2 aromatic rings. The first-order chi connectivity index (χ1) is 12.8. The largest absolute Gasteiger partial charge is 0.450 e.